The van der Waals surface area contributed by atoms with Crippen LogP contribution in [0.4, 0.5) is 5.69 Å². The SMILES string of the molecule is N#CC1(NC(=O)CC(=N)OC(=N)Cc2ncc(C(=O)Nc3ccccc3)s2)CC1. The molecule has 0 radical (unpaired) electrons. The quantitative estimate of drug-likeness (QED) is 0.408. The van der Waals surface area contributed by atoms with Crippen molar-refractivity contribution >= 4 is 40.6 Å². The lowest BCUT2D eigenvalue weighted by atomic mass is 10.3. The van der Waals surface area contributed by atoms with Crippen LogP contribution in [0.25, 0.3) is 0 Å². The number of para-hydroxylation sites is 1. The topological polar surface area (TPSA) is 152 Å². The van der Waals surface area contributed by atoms with E-state index in [9.17, 15) is 9.59 Å². The van der Waals surface area contributed by atoms with Crippen LogP contribution in [0.1, 0.15) is 33.9 Å². The molecule has 2 aromatic rings. The summed E-state index contributed by atoms with van der Waals surface area (Å²) in [6, 6.07) is 11.0. The molecule has 1 aromatic carbocycles. The van der Waals surface area contributed by atoms with Gasteiger partial charge < -0.3 is 15.4 Å². The number of thiazole rings is 1. The first-order chi connectivity index (χ1) is 13.9. The smallest absolute Gasteiger partial charge is 0.267 e. The highest BCUT2D eigenvalue weighted by Crippen LogP contribution is 2.34. The Morgan fingerprint density at radius 3 is 2.62 bits per heavy atom. The third-order valence-corrected chi connectivity index (χ3v) is 5.03. The van der Waals surface area contributed by atoms with E-state index in [1.165, 1.54) is 6.20 Å². The third-order valence-electron chi connectivity index (χ3n) is 4.03. The number of hydrogen-bond acceptors (Lipinski definition) is 8. The molecule has 3 rings (SSSR count). The van der Waals surface area contributed by atoms with E-state index in [1.54, 1.807) is 12.1 Å². The zero-order chi connectivity index (χ0) is 20.9. The molecule has 10 heteroatoms. The minimum atomic E-state index is -0.803. The zero-order valence-corrected chi connectivity index (χ0v) is 16.1. The minimum absolute atomic E-state index is 0.00455. The Hall–Kier alpha value is -3.58. The fourth-order valence-corrected chi connectivity index (χ4v) is 3.23. The summed E-state index contributed by atoms with van der Waals surface area (Å²) in [5.74, 6) is -1.44. The molecule has 1 aliphatic carbocycles. The van der Waals surface area contributed by atoms with Gasteiger partial charge in [-0.2, -0.15) is 5.26 Å². The van der Waals surface area contributed by atoms with E-state index in [4.69, 9.17) is 20.8 Å². The van der Waals surface area contributed by atoms with Crippen molar-refractivity contribution in [3.63, 3.8) is 0 Å². The summed E-state index contributed by atoms with van der Waals surface area (Å²) in [6.07, 6.45) is 2.26. The van der Waals surface area contributed by atoms with E-state index in [2.05, 4.69) is 15.6 Å². The fourth-order valence-electron chi connectivity index (χ4n) is 2.42. The maximum atomic E-state index is 12.2. The van der Waals surface area contributed by atoms with Crippen LogP contribution in [-0.4, -0.2) is 34.1 Å². The highest BCUT2D eigenvalue weighted by molar-refractivity contribution is 7.13. The van der Waals surface area contributed by atoms with Gasteiger partial charge in [-0.25, -0.2) is 4.98 Å². The predicted octanol–water partition coefficient (Wildman–Crippen LogP) is 2.47. The number of rotatable bonds is 7. The number of benzene rings is 1. The first kappa shape index (κ1) is 20.2. The average molecular weight is 410 g/mol. The van der Waals surface area contributed by atoms with Crippen LogP contribution in [-0.2, 0) is 16.0 Å². The van der Waals surface area contributed by atoms with Crippen molar-refractivity contribution in [2.45, 2.75) is 31.2 Å². The molecule has 1 saturated carbocycles. The molecule has 1 aromatic heterocycles. The Balaban J connectivity index is 1.46. The molecule has 29 heavy (non-hydrogen) atoms. The van der Waals surface area contributed by atoms with Crippen LogP contribution in [0.15, 0.2) is 36.5 Å². The average Bonchev–Trinajstić information content (AvgIpc) is 3.29. The lowest BCUT2D eigenvalue weighted by molar-refractivity contribution is -0.120. The van der Waals surface area contributed by atoms with Gasteiger partial charge >= 0.3 is 0 Å². The van der Waals surface area contributed by atoms with Gasteiger partial charge in [-0.3, -0.25) is 20.4 Å². The Morgan fingerprint density at radius 1 is 1.24 bits per heavy atom. The summed E-state index contributed by atoms with van der Waals surface area (Å²) in [7, 11) is 0. The molecule has 0 spiro atoms. The monoisotopic (exact) mass is 410 g/mol. The van der Waals surface area contributed by atoms with Crippen molar-refractivity contribution < 1.29 is 14.3 Å². The summed E-state index contributed by atoms with van der Waals surface area (Å²) >= 11 is 1.12. The number of amides is 2. The van der Waals surface area contributed by atoms with E-state index < -0.39 is 11.4 Å². The Kier molecular flexibility index (Phi) is 5.99. The molecule has 1 fully saturated rings. The van der Waals surface area contributed by atoms with Crippen molar-refractivity contribution in [2.75, 3.05) is 5.32 Å². The molecule has 9 nitrogen and oxygen atoms in total. The molecular weight excluding hydrogens is 392 g/mol. The Bertz CT molecular complexity index is 991. The van der Waals surface area contributed by atoms with Crippen molar-refractivity contribution in [3.8, 4) is 6.07 Å². The lowest BCUT2D eigenvalue weighted by Gasteiger charge is -2.10. The van der Waals surface area contributed by atoms with Crippen LogP contribution in [0.5, 0.6) is 0 Å². The zero-order valence-electron chi connectivity index (χ0n) is 15.3. The molecule has 0 bridgehead atoms. The second-order valence-corrected chi connectivity index (χ2v) is 7.60. The maximum absolute atomic E-state index is 12.2. The Morgan fingerprint density at radius 2 is 1.97 bits per heavy atom. The summed E-state index contributed by atoms with van der Waals surface area (Å²) in [5, 5.41) is 30.3. The van der Waals surface area contributed by atoms with Crippen molar-refractivity contribution in [3.05, 3.63) is 46.4 Å². The Labute approximate surface area is 170 Å². The van der Waals surface area contributed by atoms with E-state index in [1.807, 2.05) is 24.3 Å². The van der Waals surface area contributed by atoms with Crippen molar-refractivity contribution in [2.24, 2.45) is 0 Å². The molecule has 148 valence electrons. The van der Waals surface area contributed by atoms with Crippen LogP contribution in [0.2, 0.25) is 0 Å². The van der Waals surface area contributed by atoms with Gasteiger partial charge in [-0.15, -0.1) is 11.3 Å². The normalized spacial score (nSPS) is 13.6. The second kappa shape index (κ2) is 8.62. The van der Waals surface area contributed by atoms with Crippen LogP contribution in [0, 0.1) is 22.1 Å². The molecule has 1 heterocycles. The lowest BCUT2D eigenvalue weighted by Crippen LogP contribution is -2.37. The predicted molar refractivity (Wildman–Crippen MR) is 107 cm³/mol. The number of aromatic nitrogens is 1. The van der Waals surface area contributed by atoms with Gasteiger partial charge in [0.25, 0.3) is 5.91 Å². The molecule has 0 aliphatic heterocycles. The number of carbonyl (C=O) groups is 2. The van der Waals surface area contributed by atoms with Gasteiger partial charge in [0.15, 0.2) is 11.8 Å². The third kappa shape index (κ3) is 5.70. The van der Waals surface area contributed by atoms with Crippen molar-refractivity contribution in [1.29, 1.82) is 16.1 Å². The van der Waals surface area contributed by atoms with E-state index in [-0.39, 0.29) is 30.5 Å². The van der Waals surface area contributed by atoms with Gasteiger partial charge in [0.2, 0.25) is 5.91 Å². The number of ether oxygens (including phenoxy) is 1. The summed E-state index contributed by atoms with van der Waals surface area (Å²) in [4.78, 5) is 28.5. The minimum Gasteiger partial charge on any atom is -0.429 e. The molecule has 1 aliphatic rings. The van der Waals surface area contributed by atoms with E-state index in [0.717, 1.165) is 11.3 Å². The number of carbonyl (C=O) groups excluding carboxylic acids is 2. The second-order valence-electron chi connectivity index (χ2n) is 6.48. The standard InChI is InChI=1S/C19H18N6O3S/c20-11-19(6-7-19)25-16(26)8-14(21)28-15(22)9-17-23-10-13(29-17)18(27)24-12-4-2-1-3-5-12/h1-5,10,21-22H,6-9H2,(H,24,27)(H,25,26). The molecular formula is C19H18N6O3S. The molecule has 0 atom stereocenters. The molecule has 0 saturated heterocycles. The van der Waals surface area contributed by atoms with E-state index >= 15 is 0 Å². The van der Waals surface area contributed by atoms with Crippen LogP contribution in [0.3, 0.4) is 0 Å². The maximum Gasteiger partial charge on any atom is 0.267 e. The molecule has 4 N–H and O–H groups in total. The van der Waals surface area contributed by atoms with Gasteiger partial charge in [0, 0.05) is 5.69 Å². The first-order valence-corrected chi connectivity index (χ1v) is 9.57. The molecule has 0 unspecified atom stereocenters. The van der Waals surface area contributed by atoms with Crippen LogP contribution < -0.4 is 10.6 Å². The number of hydrogen-bond donors (Lipinski definition) is 4. The van der Waals surface area contributed by atoms with Gasteiger partial charge in [0.05, 0.1) is 18.7 Å². The first-order valence-electron chi connectivity index (χ1n) is 8.75. The fraction of sp³-hybridized carbons (Fsp3) is 0.263. The molecule has 2 amide bonds. The number of anilines is 1. The van der Waals surface area contributed by atoms with Gasteiger partial charge in [-0.1, -0.05) is 18.2 Å². The number of nitrogens with one attached hydrogen (secondary N) is 4. The largest absolute Gasteiger partial charge is 0.429 e. The highest BCUT2D eigenvalue weighted by Gasteiger charge is 2.44. The van der Waals surface area contributed by atoms with Gasteiger partial charge in [0.1, 0.15) is 21.8 Å². The highest BCUT2D eigenvalue weighted by atomic mass is 32.1. The van der Waals surface area contributed by atoms with Crippen molar-refractivity contribution in [1.82, 2.24) is 10.3 Å². The van der Waals surface area contributed by atoms with Gasteiger partial charge in [-0.05, 0) is 25.0 Å². The summed E-state index contributed by atoms with van der Waals surface area (Å²) in [5.41, 5.74) is -0.137. The van der Waals surface area contributed by atoms with E-state index in [0.29, 0.717) is 28.4 Å². The number of nitrogens with zero attached hydrogens (tertiary/aromatic N) is 2. The summed E-state index contributed by atoms with van der Waals surface area (Å²) < 4.78 is 5.05. The number of nitriles is 1. The van der Waals surface area contributed by atoms with Crippen LogP contribution >= 0.6 is 11.3 Å². The summed E-state index contributed by atoms with van der Waals surface area (Å²) in [6.45, 7) is 0.